The molecule has 1 atom stereocenters. The molecule has 3 heteroatoms. The Morgan fingerprint density at radius 1 is 1.28 bits per heavy atom. The zero-order valence-electron chi connectivity index (χ0n) is 11.7. The predicted molar refractivity (Wildman–Crippen MR) is 73.3 cm³/mol. The molecule has 3 N–H and O–H groups in total. The normalized spacial score (nSPS) is 18.8. The third-order valence-corrected chi connectivity index (χ3v) is 4.16. The van der Waals surface area contributed by atoms with E-state index in [0.717, 1.165) is 24.0 Å². The van der Waals surface area contributed by atoms with Gasteiger partial charge in [0.2, 0.25) is 0 Å². The van der Waals surface area contributed by atoms with Gasteiger partial charge in [0.25, 0.3) is 0 Å². The molecule has 1 unspecified atom stereocenters. The fraction of sp³-hybridized carbons (Fsp3) is 0.600. The number of nitrogens with two attached hydrogens (primary N) is 1. The van der Waals surface area contributed by atoms with E-state index in [4.69, 9.17) is 10.5 Å². The number of methoxy groups -OCH3 is 1. The lowest BCUT2D eigenvalue weighted by atomic mass is 9.86. The van der Waals surface area contributed by atoms with E-state index in [1.165, 1.54) is 0 Å². The standard InChI is InChI=1S/C15H23NO2/c1-9(2)11-7-12(14(18-4)13(17)8-11)15(5-6-15)10(3)16/h7-10,17H,5-6,16H2,1-4H3. The van der Waals surface area contributed by atoms with Gasteiger partial charge in [-0.15, -0.1) is 0 Å². The van der Waals surface area contributed by atoms with Crippen molar-refractivity contribution in [2.24, 2.45) is 5.73 Å². The molecular formula is C15H23NO2. The van der Waals surface area contributed by atoms with E-state index in [0.29, 0.717) is 11.7 Å². The molecule has 1 fully saturated rings. The maximum Gasteiger partial charge on any atom is 0.164 e. The maximum atomic E-state index is 10.1. The van der Waals surface area contributed by atoms with Crippen LogP contribution in [0.4, 0.5) is 0 Å². The molecule has 100 valence electrons. The molecule has 1 aliphatic carbocycles. The highest BCUT2D eigenvalue weighted by molar-refractivity contribution is 5.55. The summed E-state index contributed by atoms with van der Waals surface area (Å²) in [6.07, 6.45) is 2.14. The molecule has 3 nitrogen and oxygen atoms in total. The summed E-state index contributed by atoms with van der Waals surface area (Å²) in [5.74, 6) is 1.20. The molecule has 0 aliphatic heterocycles. The Morgan fingerprint density at radius 2 is 1.89 bits per heavy atom. The monoisotopic (exact) mass is 249 g/mol. The number of rotatable bonds is 4. The second-order valence-corrected chi connectivity index (χ2v) is 5.72. The molecule has 0 bridgehead atoms. The number of ether oxygens (including phenoxy) is 1. The number of hydrogen-bond acceptors (Lipinski definition) is 3. The molecule has 1 saturated carbocycles. The minimum absolute atomic E-state index is 0.00623. The molecular weight excluding hydrogens is 226 g/mol. The van der Waals surface area contributed by atoms with Gasteiger partial charge < -0.3 is 15.6 Å². The molecule has 1 aromatic rings. The highest BCUT2D eigenvalue weighted by atomic mass is 16.5. The molecule has 18 heavy (non-hydrogen) atoms. The third kappa shape index (κ3) is 1.97. The lowest BCUT2D eigenvalue weighted by Gasteiger charge is -2.24. The Balaban J connectivity index is 2.57. The molecule has 0 amide bonds. The second-order valence-electron chi connectivity index (χ2n) is 5.72. The largest absolute Gasteiger partial charge is 0.504 e. The Labute approximate surface area is 109 Å². The van der Waals surface area contributed by atoms with Crippen molar-refractivity contribution in [2.45, 2.75) is 51.0 Å². The van der Waals surface area contributed by atoms with Crippen LogP contribution < -0.4 is 10.5 Å². The van der Waals surface area contributed by atoms with Gasteiger partial charge in [0.05, 0.1) is 7.11 Å². The van der Waals surface area contributed by atoms with Crippen LogP contribution in [0.5, 0.6) is 11.5 Å². The van der Waals surface area contributed by atoms with Gasteiger partial charge in [-0.2, -0.15) is 0 Å². The van der Waals surface area contributed by atoms with Crippen molar-refractivity contribution >= 4 is 0 Å². The summed E-state index contributed by atoms with van der Waals surface area (Å²) in [6.45, 7) is 6.28. The summed E-state index contributed by atoms with van der Waals surface area (Å²) >= 11 is 0. The van der Waals surface area contributed by atoms with E-state index in [2.05, 4.69) is 19.9 Å². The van der Waals surface area contributed by atoms with Crippen LogP contribution in [0, 0.1) is 0 Å². The van der Waals surface area contributed by atoms with Crippen LogP contribution >= 0.6 is 0 Å². The number of aromatic hydroxyl groups is 1. The summed E-state index contributed by atoms with van der Waals surface area (Å²) in [7, 11) is 1.60. The Morgan fingerprint density at radius 3 is 2.28 bits per heavy atom. The van der Waals surface area contributed by atoms with Crippen molar-refractivity contribution in [3.8, 4) is 11.5 Å². The van der Waals surface area contributed by atoms with Gasteiger partial charge in [-0.1, -0.05) is 19.9 Å². The fourth-order valence-electron chi connectivity index (χ4n) is 2.66. The van der Waals surface area contributed by atoms with Gasteiger partial charge in [-0.25, -0.2) is 0 Å². The average molecular weight is 249 g/mol. The van der Waals surface area contributed by atoms with Gasteiger partial charge in [-0.05, 0) is 37.3 Å². The van der Waals surface area contributed by atoms with Crippen LogP contribution in [0.25, 0.3) is 0 Å². The summed E-state index contributed by atoms with van der Waals surface area (Å²) in [4.78, 5) is 0. The van der Waals surface area contributed by atoms with Crippen LogP contribution in [0.2, 0.25) is 0 Å². The van der Waals surface area contributed by atoms with Crippen LogP contribution in [0.3, 0.4) is 0 Å². The van der Waals surface area contributed by atoms with E-state index in [-0.39, 0.29) is 17.2 Å². The molecule has 0 saturated heterocycles. The zero-order chi connectivity index (χ0) is 13.5. The Kier molecular flexibility index (Phi) is 3.28. The quantitative estimate of drug-likeness (QED) is 0.862. The SMILES string of the molecule is COc1c(O)cc(C(C)C)cc1C1(C(C)N)CC1. The minimum Gasteiger partial charge on any atom is -0.504 e. The van der Waals surface area contributed by atoms with Crippen LogP contribution in [-0.4, -0.2) is 18.3 Å². The smallest absolute Gasteiger partial charge is 0.164 e. The number of phenolic OH excluding ortho intramolecular Hbond substituents is 1. The molecule has 0 spiro atoms. The molecule has 0 heterocycles. The van der Waals surface area contributed by atoms with Crippen molar-refractivity contribution in [1.82, 2.24) is 0 Å². The first-order chi connectivity index (χ1) is 8.42. The van der Waals surface area contributed by atoms with Crippen LogP contribution in [0.15, 0.2) is 12.1 Å². The van der Waals surface area contributed by atoms with Crippen molar-refractivity contribution < 1.29 is 9.84 Å². The van der Waals surface area contributed by atoms with Crippen molar-refractivity contribution in [1.29, 1.82) is 0 Å². The van der Waals surface area contributed by atoms with E-state index >= 15 is 0 Å². The predicted octanol–water partition coefficient (Wildman–Crippen LogP) is 2.90. The van der Waals surface area contributed by atoms with E-state index in [1.807, 2.05) is 6.92 Å². The van der Waals surface area contributed by atoms with E-state index < -0.39 is 0 Å². The van der Waals surface area contributed by atoms with Crippen LogP contribution in [-0.2, 0) is 5.41 Å². The van der Waals surface area contributed by atoms with Gasteiger partial charge in [0, 0.05) is 17.0 Å². The summed E-state index contributed by atoms with van der Waals surface area (Å²) in [6, 6.07) is 4.03. The van der Waals surface area contributed by atoms with Gasteiger partial charge in [0.15, 0.2) is 11.5 Å². The average Bonchev–Trinajstić information content (AvgIpc) is 3.08. The molecule has 2 rings (SSSR count). The summed E-state index contributed by atoms with van der Waals surface area (Å²) < 4.78 is 5.38. The Bertz CT molecular complexity index is 448. The van der Waals surface area contributed by atoms with Crippen molar-refractivity contribution in [3.63, 3.8) is 0 Å². The lowest BCUT2D eigenvalue weighted by molar-refractivity contribution is 0.361. The second kappa shape index (κ2) is 4.47. The van der Waals surface area contributed by atoms with Crippen molar-refractivity contribution in [3.05, 3.63) is 23.3 Å². The van der Waals surface area contributed by atoms with Gasteiger partial charge in [0.1, 0.15) is 0 Å². The van der Waals surface area contributed by atoms with E-state index in [9.17, 15) is 5.11 Å². The lowest BCUT2D eigenvalue weighted by Crippen LogP contribution is -2.32. The highest BCUT2D eigenvalue weighted by Gasteiger charge is 2.49. The fourth-order valence-corrected chi connectivity index (χ4v) is 2.66. The number of phenols is 1. The highest BCUT2D eigenvalue weighted by Crippen LogP contribution is 2.55. The van der Waals surface area contributed by atoms with Crippen molar-refractivity contribution in [2.75, 3.05) is 7.11 Å². The minimum atomic E-state index is -0.00623. The molecule has 1 aromatic carbocycles. The van der Waals surface area contributed by atoms with E-state index in [1.54, 1.807) is 13.2 Å². The number of hydrogen-bond donors (Lipinski definition) is 2. The summed E-state index contributed by atoms with van der Waals surface area (Å²) in [5, 5.41) is 10.1. The molecule has 0 radical (unpaired) electrons. The third-order valence-electron chi connectivity index (χ3n) is 4.16. The Hall–Kier alpha value is -1.22. The zero-order valence-corrected chi connectivity index (χ0v) is 11.7. The number of benzene rings is 1. The first-order valence-electron chi connectivity index (χ1n) is 6.59. The first kappa shape index (κ1) is 13.2. The van der Waals surface area contributed by atoms with Crippen LogP contribution in [0.1, 0.15) is 50.7 Å². The first-order valence-corrected chi connectivity index (χ1v) is 6.59. The topological polar surface area (TPSA) is 55.5 Å². The molecule has 0 aromatic heterocycles. The van der Waals surface area contributed by atoms with Gasteiger partial charge in [-0.3, -0.25) is 0 Å². The maximum absolute atomic E-state index is 10.1. The summed E-state index contributed by atoms with van der Waals surface area (Å²) in [5.41, 5.74) is 8.33. The molecule has 1 aliphatic rings. The van der Waals surface area contributed by atoms with Gasteiger partial charge >= 0.3 is 0 Å².